The zero-order valence-electron chi connectivity index (χ0n) is 11.7. The molecular weight excluding hydrogens is 286 g/mol. The van der Waals surface area contributed by atoms with Gasteiger partial charge < -0.3 is 10.6 Å². The first-order valence-corrected chi connectivity index (χ1v) is 7.30. The number of hydrogen-bond donors (Lipinski definition) is 2. The summed E-state index contributed by atoms with van der Waals surface area (Å²) >= 11 is 6.00. The van der Waals surface area contributed by atoms with E-state index in [0.717, 1.165) is 29.8 Å². The molecule has 1 aliphatic rings. The molecule has 0 saturated heterocycles. The summed E-state index contributed by atoms with van der Waals surface area (Å²) in [5.41, 5.74) is 2.90. The molecule has 1 saturated carbocycles. The van der Waals surface area contributed by atoms with E-state index in [1.807, 2.05) is 31.2 Å². The first-order chi connectivity index (χ1) is 10.1. The Balaban J connectivity index is 1.68. The van der Waals surface area contributed by atoms with E-state index in [0.29, 0.717) is 10.8 Å². The average Bonchev–Trinajstić information content (AvgIpc) is 3.29. The molecule has 1 fully saturated rings. The van der Waals surface area contributed by atoms with E-state index in [1.54, 1.807) is 12.3 Å². The lowest BCUT2D eigenvalue weighted by atomic mass is 10.2. The van der Waals surface area contributed by atoms with Crippen molar-refractivity contribution in [3.63, 3.8) is 0 Å². The number of aryl methyl sites for hydroxylation is 1. The molecule has 0 aliphatic heterocycles. The normalized spacial score (nSPS) is 13.8. The number of carbonyl (C=O) groups is 1. The van der Waals surface area contributed by atoms with E-state index >= 15 is 0 Å². The first-order valence-electron chi connectivity index (χ1n) is 6.92. The highest BCUT2D eigenvalue weighted by Crippen LogP contribution is 2.30. The van der Waals surface area contributed by atoms with Crippen LogP contribution in [0.2, 0.25) is 5.02 Å². The fourth-order valence-corrected chi connectivity index (χ4v) is 2.17. The third kappa shape index (κ3) is 3.52. The second-order valence-corrected chi connectivity index (χ2v) is 5.72. The number of nitrogens with zero attached hydrogens (tertiary/aromatic N) is 1. The first kappa shape index (κ1) is 13.9. The fraction of sp³-hybridized carbons (Fsp3) is 0.250. The zero-order chi connectivity index (χ0) is 14.8. The molecule has 5 heteroatoms. The van der Waals surface area contributed by atoms with Crippen LogP contribution in [0.5, 0.6) is 0 Å². The largest absolute Gasteiger partial charge is 0.354 e. The number of carbonyl (C=O) groups excluding carboxylic acids is 1. The number of halogens is 1. The van der Waals surface area contributed by atoms with Crippen LogP contribution in [0, 0.1) is 12.8 Å². The summed E-state index contributed by atoms with van der Waals surface area (Å²) in [5, 5.41) is 6.77. The van der Waals surface area contributed by atoms with Crippen LogP contribution in [0.3, 0.4) is 0 Å². The van der Waals surface area contributed by atoms with Crippen molar-refractivity contribution >= 4 is 34.7 Å². The fourth-order valence-electron chi connectivity index (χ4n) is 2.00. The van der Waals surface area contributed by atoms with Gasteiger partial charge >= 0.3 is 0 Å². The molecule has 2 aromatic rings. The molecule has 2 N–H and O–H groups in total. The number of anilines is 3. The smallest absolute Gasteiger partial charge is 0.228 e. The summed E-state index contributed by atoms with van der Waals surface area (Å²) in [5.74, 6) is 0.827. The second kappa shape index (κ2) is 5.74. The molecule has 0 unspecified atom stereocenters. The highest BCUT2D eigenvalue weighted by molar-refractivity contribution is 6.30. The van der Waals surface area contributed by atoms with Gasteiger partial charge in [-0.15, -0.1) is 0 Å². The minimum Gasteiger partial charge on any atom is -0.354 e. The van der Waals surface area contributed by atoms with E-state index in [9.17, 15) is 4.79 Å². The summed E-state index contributed by atoms with van der Waals surface area (Å²) in [6.07, 6.45) is 3.67. The lowest BCUT2D eigenvalue weighted by molar-refractivity contribution is -0.117. The second-order valence-electron chi connectivity index (χ2n) is 5.28. The van der Waals surface area contributed by atoms with Crippen LogP contribution < -0.4 is 10.6 Å². The van der Waals surface area contributed by atoms with Gasteiger partial charge in [-0.05, 0) is 49.6 Å². The lowest BCUT2D eigenvalue weighted by Crippen LogP contribution is -2.14. The van der Waals surface area contributed by atoms with Crippen LogP contribution in [0.1, 0.15) is 18.4 Å². The third-order valence-electron chi connectivity index (χ3n) is 3.44. The van der Waals surface area contributed by atoms with Gasteiger partial charge in [0.2, 0.25) is 5.91 Å². The van der Waals surface area contributed by atoms with Gasteiger partial charge in [0.1, 0.15) is 5.82 Å². The molecule has 0 spiro atoms. The number of hydrogen-bond acceptors (Lipinski definition) is 3. The quantitative estimate of drug-likeness (QED) is 0.892. The van der Waals surface area contributed by atoms with E-state index < -0.39 is 0 Å². The number of amides is 1. The van der Waals surface area contributed by atoms with Crippen molar-refractivity contribution < 1.29 is 4.79 Å². The van der Waals surface area contributed by atoms with Gasteiger partial charge in [0.25, 0.3) is 0 Å². The summed E-state index contributed by atoms with van der Waals surface area (Å²) < 4.78 is 0. The van der Waals surface area contributed by atoms with E-state index in [4.69, 9.17) is 11.6 Å². The predicted octanol–water partition coefficient (Wildman–Crippen LogP) is 4.14. The summed E-state index contributed by atoms with van der Waals surface area (Å²) in [6.45, 7) is 2.01. The zero-order valence-corrected chi connectivity index (χ0v) is 12.4. The van der Waals surface area contributed by atoms with Crippen molar-refractivity contribution in [1.82, 2.24) is 4.98 Å². The molecular formula is C16H16ClN3O. The summed E-state index contributed by atoms with van der Waals surface area (Å²) in [6, 6.07) is 9.37. The lowest BCUT2D eigenvalue weighted by Gasteiger charge is -2.10. The molecule has 0 bridgehead atoms. The Bertz CT molecular complexity index is 666. The van der Waals surface area contributed by atoms with E-state index in [-0.39, 0.29) is 11.8 Å². The third-order valence-corrected chi connectivity index (χ3v) is 3.68. The standard InChI is InChI=1S/C16H16ClN3O/c1-10-2-5-12(17)8-14(10)19-13-6-7-15(18-9-13)20-16(21)11-3-4-11/h2,5-9,11,19H,3-4H2,1H3,(H,18,20,21). The number of nitrogens with one attached hydrogen (secondary N) is 2. The van der Waals surface area contributed by atoms with Crippen LogP contribution in [-0.4, -0.2) is 10.9 Å². The van der Waals surface area contributed by atoms with Crippen LogP contribution >= 0.6 is 11.6 Å². The highest BCUT2D eigenvalue weighted by atomic mass is 35.5. The van der Waals surface area contributed by atoms with Crippen molar-refractivity contribution in [3.8, 4) is 0 Å². The monoisotopic (exact) mass is 301 g/mol. The maximum Gasteiger partial charge on any atom is 0.228 e. The Morgan fingerprint density at radius 1 is 1.29 bits per heavy atom. The van der Waals surface area contributed by atoms with Gasteiger partial charge in [-0.2, -0.15) is 0 Å². The summed E-state index contributed by atoms with van der Waals surface area (Å²) in [7, 11) is 0. The summed E-state index contributed by atoms with van der Waals surface area (Å²) in [4.78, 5) is 15.9. The number of rotatable bonds is 4. The van der Waals surface area contributed by atoms with Gasteiger partial charge in [0.05, 0.1) is 11.9 Å². The number of aromatic nitrogens is 1. The molecule has 1 amide bonds. The molecule has 3 rings (SSSR count). The highest BCUT2D eigenvalue weighted by Gasteiger charge is 2.29. The molecule has 1 heterocycles. The number of benzene rings is 1. The van der Waals surface area contributed by atoms with Crippen molar-refractivity contribution in [3.05, 3.63) is 47.1 Å². The number of pyridine rings is 1. The Hall–Kier alpha value is -2.07. The van der Waals surface area contributed by atoms with Gasteiger partial charge in [-0.1, -0.05) is 17.7 Å². The molecule has 0 atom stereocenters. The van der Waals surface area contributed by atoms with E-state index in [2.05, 4.69) is 15.6 Å². The minimum atomic E-state index is 0.0638. The molecule has 1 aliphatic carbocycles. The Kier molecular flexibility index (Phi) is 3.80. The van der Waals surface area contributed by atoms with Gasteiger partial charge in [-0.25, -0.2) is 4.98 Å². The maximum absolute atomic E-state index is 11.7. The molecule has 108 valence electrons. The van der Waals surface area contributed by atoms with Crippen molar-refractivity contribution in [1.29, 1.82) is 0 Å². The maximum atomic E-state index is 11.7. The molecule has 0 radical (unpaired) electrons. The minimum absolute atomic E-state index is 0.0638. The van der Waals surface area contributed by atoms with Gasteiger partial charge in [-0.3, -0.25) is 4.79 Å². The average molecular weight is 302 g/mol. The van der Waals surface area contributed by atoms with Crippen LogP contribution in [0.4, 0.5) is 17.2 Å². The van der Waals surface area contributed by atoms with E-state index in [1.165, 1.54) is 0 Å². The predicted molar refractivity (Wildman–Crippen MR) is 85.1 cm³/mol. The van der Waals surface area contributed by atoms with Gasteiger partial charge in [0, 0.05) is 16.6 Å². The Labute approximate surface area is 128 Å². The Morgan fingerprint density at radius 3 is 2.76 bits per heavy atom. The van der Waals surface area contributed by atoms with Crippen LogP contribution in [0.25, 0.3) is 0 Å². The molecule has 1 aromatic carbocycles. The van der Waals surface area contributed by atoms with Crippen molar-refractivity contribution in [2.45, 2.75) is 19.8 Å². The van der Waals surface area contributed by atoms with Gasteiger partial charge in [0.15, 0.2) is 0 Å². The molecule has 4 nitrogen and oxygen atoms in total. The van der Waals surface area contributed by atoms with Crippen LogP contribution in [-0.2, 0) is 4.79 Å². The SMILES string of the molecule is Cc1ccc(Cl)cc1Nc1ccc(NC(=O)C2CC2)nc1. The van der Waals surface area contributed by atoms with Crippen molar-refractivity contribution in [2.75, 3.05) is 10.6 Å². The Morgan fingerprint density at radius 2 is 2.10 bits per heavy atom. The van der Waals surface area contributed by atoms with Crippen LogP contribution in [0.15, 0.2) is 36.5 Å². The van der Waals surface area contributed by atoms with Crippen molar-refractivity contribution in [2.24, 2.45) is 5.92 Å². The molecule has 1 aromatic heterocycles. The molecule has 21 heavy (non-hydrogen) atoms. The topological polar surface area (TPSA) is 54.0 Å².